The molecule has 0 aromatic heterocycles. The first-order valence-corrected chi connectivity index (χ1v) is 4.76. The molecule has 2 rings (SSSR count). The molecule has 0 saturated carbocycles. The molecule has 0 bridgehead atoms. The molecule has 1 aliphatic heterocycles. The standard InChI is InChI=1S/C10H8ClNO2/c11-5-9(13)12-6-7-3-1-2-4-8(7)10(12)14/h1-4H,5-6H2. The highest BCUT2D eigenvalue weighted by atomic mass is 35.5. The Morgan fingerprint density at radius 3 is 2.79 bits per heavy atom. The minimum absolute atomic E-state index is 0.153. The molecule has 0 saturated heterocycles. The summed E-state index contributed by atoms with van der Waals surface area (Å²) in [5.74, 6) is -0.737. The number of nitrogens with zero attached hydrogens (tertiary/aromatic N) is 1. The maximum absolute atomic E-state index is 11.6. The average molecular weight is 210 g/mol. The Morgan fingerprint density at radius 1 is 1.43 bits per heavy atom. The molecule has 0 radical (unpaired) electrons. The minimum atomic E-state index is -0.340. The number of amides is 2. The Balaban J connectivity index is 2.35. The van der Waals surface area contributed by atoms with E-state index in [0.29, 0.717) is 12.1 Å². The lowest BCUT2D eigenvalue weighted by atomic mass is 10.1. The van der Waals surface area contributed by atoms with Crippen molar-refractivity contribution in [2.45, 2.75) is 6.54 Å². The highest BCUT2D eigenvalue weighted by Crippen LogP contribution is 2.22. The number of carbonyl (C=O) groups is 2. The van der Waals surface area contributed by atoms with Gasteiger partial charge in [-0.25, -0.2) is 0 Å². The van der Waals surface area contributed by atoms with Crippen LogP contribution < -0.4 is 0 Å². The highest BCUT2D eigenvalue weighted by molar-refractivity contribution is 6.29. The van der Waals surface area contributed by atoms with Crippen LogP contribution in [0.15, 0.2) is 24.3 Å². The number of benzene rings is 1. The number of rotatable bonds is 1. The third-order valence-corrected chi connectivity index (χ3v) is 2.47. The third-order valence-electron chi connectivity index (χ3n) is 2.24. The van der Waals surface area contributed by atoms with Gasteiger partial charge in [0.05, 0.1) is 6.54 Å². The van der Waals surface area contributed by atoms with Gasteiger partial charge in [0.1, 0.15) is 5.88 Å². The molecule has 0 N–H and O–H groups in total. The van der Waals surface area contributed by atoms with Crippen LogP contribution in [-0.2, 0) is 11.3 Å². The molecule has 2 amide bonds. The Bertz CT molecular complexity index is 403. The van der Waals surface area contributed by atoms with E-state index in [1.807, 2.05) is 12.1 Å². The molecule has 1 aliphatic rings. The molecule has 3 nitrogen and oxygen atoms in total. The van der Waals surface area contributed by atoms with Gasteiger partial charge in [-0.2, -0.15) is 0 Å². The predicted octanol–water partition coefficient (Wildman–Crippen LogP) is 1.41. The van der Waals surface area contributed by atoms with E-state index >= 15 is 0 Å². The second-order valence-electron chi connectivity index (χ2n) is 3.08. The van der Waals surface area contributed by atoms with Crippen LogP contribution in [0.5, 0.6) is 0 Å². The van der Waals surface area contributed by atoms with Gasteiger partial charge in [-0.1, -0.05) is 18.2 Å². The van der Waals surface area contributed by atoms with E-state index in [1.54, 1.807) is 12.1 Å². The first-order valence-electron chi connectivity index (χ1n) is 4.22. The quantitative estimate of drug-likeness (QED) is 0.656. The lowest BCUT2D eigenvalue weighted by molar-refractivity contribution is -0.126. The number of imide groups is 1. The van der Waals surface area contributed by atoms with Crippen molar-refractivity contribution in [3.8, 4) is 0 Å². The smallest absolute Gasteiger partial charge is 0.261 e. The summed E-state index contributed by atoms with van der Waals surface area (Å²) in [7, 11) is 0. The van der Waals surface area contributed by atoms with Gasteiger partial charge < -0.3 is 0 Å². The summed E-state index contributed by atoms with van der Waals surface area (Å²) in [5, 5.41) is 0. The molecule has 0 spiro atoms. The third kappa shape index (κ3) is 1.30. The number of halogens is 1. The Labute approximate surface area is 86.3 Å². The first kappa shape index (κ1) is 9.21. The average Bonchev–Trinajstić information content (AvgIpc) is 2.56. The van der Waals surface area contributed by atoms with Gasteiger partial charge in [-0.05, 0) is 11.6 Å². The number of alkyl halides is 1. The van der Waals surface area contributed by atoms with Gasteiger partial charge in [0, 0.05) is 5.56 Å². The normalized spacial score (nSPS) is 14.4. The largest absolute Gasteiger partial charge is 0.273 e. The molecule has 72 valence electrons. The molecule has 0 atom stereocenters. The van der Waals surface area contributed by atoms with Gasteiger partial charge in [0.15, 0.2) is 0 Å². The summed E-state index contributed by atoms with van der Waals surface area (Å²) in [5.41, 5.74) is 1.49. The topological polar surface area (TPSA) is 37.4 Å². The zero-order chi connectivity index (χ0) is 10.1. The van der Waals surface area contributed by atoms with Crippen LogP contribution >= 0.6 is 11.6 Å². The van der Waals surface area contributed by atoms with E-state index in [2.05, 4.69) is 0 Å². The van der Waals surface area contributed by atoms with Crippen LogP contribution in [0.25, 0.3) is 0 Å². The van der Waals surface area contributed by atoms with Crippen molar-refractivity contribution in [2.75, 3.05) is 5.88 Å². The van der Waals surface area contributed by atoms with E-state index in [-0.39, 0.29) is 17.7 Å². The number of hydrogen-bond donors (Lipinski definition) is 0. The molecule has 1 aromatic rings. The summed E-state index contributed by atoms with van der Waals surface area (Å²) in [6, 6.07) is 7.19. The molecular weight excluding hydrogens is 202 g/mol. The van der Waals surface area contributed by atoms with Crippen LogP contribution in [0.4, 0.5) is 0 Å². The summed E-state index contributed by atoms with van der Waals surface area (Å²) in [6.07, 6.45) is 0. The zero-order valence-electron chi connectivity index (χ0n) is 7.37. The lowest BCUT2D eigenvalue weighted by Crippen LogP contribution is -2.31. The van der Waals surface area contributed by atoms with E-state index in [0.717, 1.165) is 5.56 Å². The summed E-state index contributed by atoms with van der Waals surface area (Å²) < 4.78 is 0. The molecule has 1 aromatic carbocycles. The van der Waals surface area contributed by atoms with Gasteiger partial charge in [0.25, 0.3) is 5.91 Å². The maximum Gasteiger partial charge on any atom is 0.261 e. The fourth-order valence-corrected chi connectivity index (χ4v) is 1.67. The summed E-state index contributed by atoms with van der Waals surface area (Å²) in [6.45, 7) is 0.348. The number of fused-ring (bicyclic) bond motifs is 1. The van der Waals surface area contributed by atoms with Gasteiger partial charge in [-0.3, -0.25) is 14.5 Å². The summed E-state index contributed by atoms with van der Waals surface area (Å²) in [4.78, 5) is 24.1. The fourth-order valence-electron chi connectivity index (χ4n) is 1.53. The zero-order valence-corrected chi connectivity index (χ0v) is 8.12. The van der Waals surface area contributed by atoms with Crippen molar-refractivity contribution in [3.63, 3.8) is 0 Å². The monoisotopic (exact) mass is 209 g/mol. The van der Waals surface area contributed by atoms with Crippen molar-refractivity contribution in [3.05, 3.63) is 35.4 Å². The van der Waals surface area contributed by atoms with E-state index in [1.165, 1.54) is 4.90 Å². The Kier molecular flexibility index (Phi) is 2.25. The van der Waals surface area contributed by atoms with Crippen molar-refractivity contribution in [2.24, 2.45) is 0 Å². The molecule has 14 heavy (non-hydrogen) atoms. The predicted molar refractivity (Wildman–Crippen MR) is 52.0 cm³/mol. The van der Waals surface area contributed by atoms with E-state index in [4.69, 9.17) is 11.6 Å². The first-order chi connectivity index (χ1) is 6.74. The summed E-state index contributed by atoms with van der Waals surface area (Å²) >= 11 is 5.40. The van der Waals surface area contributed by atoms with Crippen LogP contribution in [0, 0.1) is 0 Å². The molecule has 0 fully saturated rings. The molecular formula is C10H8ClNO2. The van der Waals surface area contributed by atoms with Gasteiger partial charge in [0.2, 0.25) is 5.91 Å². The number of carbonyl (C=O) groups excluding carboxylic acids is 2. The van der Waals surface area contributed by atoms with Crippen molar-refractivity contribution < 1.29 is 9.59 Å². The maximum atomic E-state index is 11.6. The molecule has 4 heteroatoms. The Morgan fingerprint density at radius 2 is 2.14 bits per heavy atom. The van der Waals surface area contributed by atoms with E-state index < -0.39 is 0 Å². The van der Waals surface area contributed by atoms with Gasteiger partial charge in [-0.15, -0.1) is 11.6 Å². The van der Waals surface area contributed by atoms with Gasteiger partial charge >= 0.3 is 0 Å². The highest BCUT2D eigenvalue weighted by Gasteiger charge is 2.30. The molecule has 0 aliphatic carbocycles. The minimum Gasteiger partial charge on any atom is -0.273 e. The number of hydrogen-bond acceptors (Lipinski definition) is 2. The van der Waals surface area contributed by atoms with Crippen LogP contribution in [-0.4, -0.2) is 22.6 Å². The van der Waals surface area contributed by atoms with Crippen molar-refractivity contribution in [1.29, 1.82) is 0 Å². The fraction of sp³-hybridized carbons (Fsp3) is 0.200. The van der Waals surface area contributed by atoms with Crippen molar-refractivity contribution in [1.82, 2.24) is 4.90 Å². The van der Waals surface area contributed by atoms with Crippen LogP contribution in [0.2, 0.25) is 0 Å². The van der Waals surface area contributed by atoms with Crippen molar-refractivity contribution >= 4 is 23.4 Å². The second-order valence-corrected chi connectivity index (χ2v) is 3.34. The molecule has 1 heterocycles. The SMILES string of the molecule is O=C(CCl)N1Cc2ccccc2C1=O. The van der Waals surface area contributed by atoms with E-state index in [9.17, 15) is 9.59 Å². The molecule has 0 unspecified atom stereocenters. The second kappa shape index (κ2) is 3.42. The lowest BCUT2D eigenvalue weighted by Gasteiger charge is -2.10. The Hall–Kier alpha value is -1.35. The van der Waals surface area contributed by atoms with Crippen LogP contribution in [0.1, 0.15) is 15.9 Å². The van der Waals surface area contributed by atoms with Crippen LogP contribution in [0.3, 0.4) is 0 Å².